The maximum atomic E-state index is 11.5. The van der Waals surface area contributed by atoms with Gasteiger partial charge in [-0.05, 0) is 20.8 Å². The lowest BCUT2D eigenvalue weighted by atomic mass is 10.2. The van der Waals surface area contributed by atoms with Crippen molar-refractivity contribution in [3.05, 3.63) is 12.4 Å². The molecule has 1 saturated heterocycles. The molecule has 0 bridgehead atoms. The SMILES string of the molecule is CC(C)(C)OC(=O)COc1cnc(N2CCNCC2)nc1. The average molecular weight is 294 g/mol. The van der Waals surface area contributed by atoms with Gasteiger partial charge in [0.25, 0.3) is 0 Å². The molecule has 21 heavy (non-hydrogen) atoms. The molecule has 0 amide bonds. The van der Waals surface area contributed by atoms with Crippen LogP contribution in [0.3, 0.4) is 0 Å². The fourth-order valence-corrected chi connectivity index (χ4v) is 1.93. The fraction of sp³-hybridized carbons (Fsp3) is 0.643. The van der Waals surface area contributed by atoms with Gasteiger partial charge in [-0.3, -0.25) is 0 Å². The van der Waals surface area contributed by atoms with Crippen molar-refractivity contribution < 1.29 is 14.3 Å². The third-order valence-electron chi connectivity index (χ3n) is 2.79. The summed E-state index contributed by atoms with van der Waals surface area (Å²) < 4.78 is 10.5. The molecule has 2 rings (SSSR count). The van der Waals surface area contributed by atoms with Gasteiger partial charge >= 0.3 is 5.97 Å². The number of ether oxygens (including phenoxy) is 2. The third kappa shape index (κ3) is 5.18. The van der Waals surface area contributed by atoms with Crippen molar-refractivity contribution in [3.8, 4) is 5.75 Å². The van der Waals surface area contributed by atoms with Crippen molar-refractivity contribution in [2.24, 2.45) is 0 Å². The molecule has 1 fully saturated rings. The first kappa shape index (κ1) is 15.5. The summed E-state index contributed by atoms with van der Waals surface area (Å²) in [6.45, 7) is 8.94. The summed E-state index contributed by atoms with van der Waals surface area (Å²) in [6, 6.07) is 0. The minimum Gasteiger partial charge on any atom is -0.479 e. The van der Waals surface area contributed by atoms with E-state index in [0.717, 1.165) is 26.2 Å². The fourth-order valence-electron chi connectivity index (χ4n) is 1.93. The van der Waals surface area contributed by atoms with Crippen molar-refractivity contribution in [2.75, 3.05) is 37.7 Å². The number of anilines is 1. The lowest BCUT2D eigenvalue weighted by molar-refractivity contribution is -0.157. The lowest BCUT2D eigenvalue weighted by Gasteiger charge is -2.27. The van der Waals surface area contributed by atoms with Crippen LogP contribution in [0.5, 0.6) is 5.75 Å². The molecule has 116 valence electrons. The van der Waals surface area contributed by atoms with Crippen LogP contribution in [-0.4, -0.2) is 54.3 Å². The first-order valence-corrected chi connectivity index (χ1v) is 7.06. The molecule has 1 aliphatic rings. The molecule has 7 heteroatoms. The number of piperazine rings is 1. The summed E-state index contributed by atoms with van der Waals surface area (Å²) in [5.74, 6) is 0.731. The number of hydrogen-bond donors (Lipinski definition) is 1. The van der Waals surface area contributed by atoms with Crippen LogP contribution in [0.1, 0.15) is 20.8 Å². The Bertz CT molecular complexity index is 464. The standard InChI is InChI=1S/C14H22N4O3/c1-14(2,3)21-12(19)10-20-11-8-16-13(17-9-11)18-6-4-15-5-7-18/h8-9,15H,4-7,10H2,1-3H3. The van der Waals surface area contributed by atoms with Crippen LogP contribution < -0.4 is 15.0 Å². The molecule has 7 nitrogen and oxygen atoms in total. The Labute approximate surface area is 124 Å². The monoisotopic (exact) mass is 294 g/mol. The maximum absolute atomic E-state index is 11.5. The molecule has 0 aliphatic carbocycles. The number of carbonyl (C=O) groups excluding carboxylic acids is 1. The quantitative estimate of drug-likeness (QED) is 0.815. The Morgan fingerprint density at radius 1 is 1.29 bits per heavy atom. The Balaban J connectivity index is 1.83. The largest absolute Gasteiger partial charge is 0.479 e. The number of esters is 1. The number of hydrogen-bond acceptors (Lipinski definition) is 7. The van der Waals surface area contributed by atoms with Crippen molar-refractivity contribution >= 4 is 11.9 Å². The lowest BCUT2D eigenvalue weighted by Crippen LogP contribution is -2.44. The number of carbonyl (C=O) groups is 1. The Morgan fingerprint density at radius 2 is 1.90 bits per heavy atom. The van der Waals surface area contributed by atoms with Gasteiger partial charge in [-0.15, -0.1) is 0 Å². The maximum Gasteiger partial charge on any atom is 0.344 e. The molecular formula is C14H22N4O3. The molecule has 2 heterocycles. The van der Waals surface area contributed by atoms with E-state index in [4.69, 9.17) is 9.47 Å². The summed E-state index contributed by atoms with van der Waals surface area (Å²) in [5, 5.41) is 3.27. The topological polar surface area (TPSA) is 76.6 Å². The van der Waals surface area contributed by atoms with Crippen molar-refractivity contribution in [3.63, 3.8) is 0 Å². The summed E-state index contributed by atoms with van der Waals surface area (Å²) in [5.41, 5.74) is -0.511. The second-order valence-electron chi connectivity index (χ2n) is 5.83. The number of nitrogens with zero attached hydrogens (tertiary/aromatic N) is 3. The van der Waals surface area contributed by atoms with Crippen LogP contribution in [0.4, 0.5) is 5.95 Å². The molecular weight excluding hydrogens is 272 g/mol. The van der Waals surface area contributed by atoms with Gasteiger partial charge in [-0.25, -0.2) is 14.8 Å². The summed E-state index contributed by atoms with van der Waals surface area (Å²) >= 11 is 0. The van der Waals surface area contributed by atoms with E-state index in [-0.39, 0.29) is 6.61 Å². The Kier molecular flexibility index (Phi) is 4.95. The van der Waals surface area contributed by atoms with E-state index in [1.165, 1.54) is 0 Å². The van der Waals surface area contributed by atoms with Gasteiger partial charge in [-0.2, -0.15) is 0 Å². The van der Waals surface area contributed by atoms with E-state index < -0.39 is 11.6 Å². The van der Waals surface area contributed by atoms with Gasteiger partial charge in [0.15, 0.2) is 12.4 Å². The summed E-state index contributed by atoms with van der Waals surface area (Å²) in [7, 11) is 0. The molecule has 0 spiro atoms. The zero-order chi connectivity index (χ0) is 15.3. The van der Waals surface area contributed by atoms with Crippen LogP contribution in [0, 0.1) is 0 Å². The number of nitrogens with one attached hydrogen (secondary N) is 1. The molecule has 0 radical (unpaired) electrons. The molecule has 0 aromatic carbocycles. The second-order valence-corrected chi connectivity index (χ2v) is 5.83. The summed E-state index contributed by atoms with van der Waals surface area (Å²) in [4.78, 5) is 22.2. The minimum atomic E-state index is -0.511. The molecule has 1 N–H and O–H groups in total. The van der Waals surface area contributed by atoms with Gasteiger partial charge in [0, 0.05) is 26.2 Å². The normalized spacial score (nSPS) is 15.7. The first-order valence-electron chi connectivity index (χ1n) is 7.06. The second kappa shape index (κ2) is 6.71. The zero-order valence-electron chi connectivity index (χ0n) is 12.8. The van der Waals surface area contributed by atoms with Crippen LogP contribution in [0.15, 0.2) is 12.4 Å². The van der Waals surface area contributed by atoms with E-state index in [0.29, 0.717) is 11.7 Å². The van der Waals surface area contributed by atoms with Gasteiger partial charge in [0.2, 0.25) is 5.95 Å². The number of aromatic nitrogens is 2. The zero-order valence-corrected chi connectivity index (χ0v) is 12.8. The van der Waals surface area contributed by atoms with Gasteiger partial charge in [-0.1, -0.05) is 0 Å². The third-order valence-corrected chi connectivity index (χ3v) is 2.79. The average Bonchev–Trinajstić information content (AvgIpc) is 2.45. The predicted octanol–water partition coefficient (Wildman–Crippen LogP) is 0.607. The van der Waals surface area contributed by atoms with E-state index in [9.17, 15) is 4.79 Å². The van der Waals surface area contributed by atoms with Gasteiger partial charge < -0.3 is 19.7 Å². The molecule has 0 unspecified atom stereocenters. The molecule has 0 atom stereocenters. The Hall–Kier alpha value is -1.89. The highest BCUT2D eigenvalue weighted by atomic mass is 16.6. The van der Waals surface area contributed by atoms with Crippen LogP contribution in [-0.2, 0) is 9.53 Å². The van der Waals surface area contributed by atoms with Crippen LogP contribution in [0.2, 0.25) is 0 Å². The highest BCUT2D eigenvalue weighted by molar-refractivity contribution is 5.71. The molecule has 1 aliphatic heterocycles. The predicted molar refractivity (Wildman–Crippen MR) is 78.5 cm³/mol. The van der Waals surface area contributed by atoms with Crippen LogP contribution in [0.25, 0.3) is 0 Å². The van der Waals surface area contributed by atoms with Crippen molar-refractivity contribution in [1.82, 2.24) is 15.3 Å². The van der Waals surface area contributed by atoms with Crippen LogP contribution >= 0.6 is 0 Å². The van der Waals surface area contributed by atoms with Crippen molar-refractivity contribution in [2.45, 2.75) is 26.4 Å². The minimum absolute atomic E-state index is 0.145. The Morgan fingerprint density at radius 3 is 2.48 bits per heavy atom. The molecule has 0 saturated carbocycles. The highest BCUT2D eigenvalue weighted by Crippen LogP contribution is 2.13. The highest BCUT2D eigenvalue weighted by Gasteiger charge is 2.17. The molecule has 1 aromatic rings. The van der Waals surface area contributed by atoms with E-state index in [1.54, 1.807) is 12.4 Å². The van der Waals surface area contributed by atoms with E-state index in [1.807, 2.05) is 20.8 Å². The van der Waals surface area contributed by atoms with Gasteiger partial charge in [0.1, 0.15) is 5.60 Å². The van der Waals surface area contributed by atoms with Gasteiger partial charge in [0.05, 0.1) is 12.4 Å². The van der Waals surface area contributed by atoms with Crippen molar-refractivity contribution in [1.29, 1.82) is 0 Å². The summed E-state index contributed by atoms with van der Waals surface area (Å²) in [6.07, 6.45) is 3.16. The van der Waals surface area contributed by atoms with E-state index >= 15 is 0 Å². The number of rotatable bonds is 4. The first-order chi connectivity index (χ1) is 9.94. The smallest absolute Gasteiger partial charge is 0.344 e. The van der Waals surface area contributed by atoms with E-state index in [2.05, 4.69) is 20.2 Å². The molecule has 1 aromatic heterocycles.